The maximum absolute atomic E-state index is 11.9. The number of phenolic OH excluding ortho intramolecular Hbond substituents is 1. The molecule has 0 atom stereocenters. The van der Waals surface area contributed by atoms with E-state index >= 15 is 0 Å². The fourth-order valence-corrected chi connectivity index (χ4v) is 4.84. The zero-order valence-electron chi connectivity index (χ0n) is 19.3. The van der Waals surface area contributed by atoms with Crippen LogP contribution in [0.1, 0.15) is 22.3 Å². The van der Waals surface area contributed by atoms with Gasteiger partial charge >= 0.3 is 0 Å². The molecule has 0 aliphatic heterocycles. The molecule has 4 aromatic carbocycles. The van der Waals surface area contributed by atoms with Crippen molar-refractivity contribution in [3.8, 4) is 16.9 Å². The number of anilines is 1. The summed E-state index contributed by atoms with van der Waals surface area (Å²) in [5.41, 5.74) is 13.2. The van der Waals surface area contributed by atoms with E-state index in [0.29, 0.717) is 5.69 Å². The first kappa shape index (κ1) is 23.4. The minimum Gasteiger partial charge on any atom is -0.505 e. The molecule has 4 aromatic rings. The number of aryl methyl sites for hydroxylation is 4. The van der Waals surface area contributed by atoms with Gasteiger partial charge in [0, 0.05) is 16.5 Å². The molecular weight excluding hydrogens is 450 g/mol. The Morgan fingerprint density at radius 2 is 1.26 bits per heavy atom. The zero-order chi connectivity index (χ0) is 24.8. The number of hydrogen-bond acceptors (Lipinski definition) is 6. The molecule has 0 aromatic heterocycles. The summed E-state index contributed by atoms with van der Waals surface area (Å²) < 4.78 is 33.5. The number of benzene rings is 4. The van der Waals surface area contributed by atoms with Gasteiger partial charge in [-0.1, -0.05) is 24.3 Å². The second-order valence-corrected chi connectivity index (χ2v) is 9.84. The van der Waals surface area contributed by atoms with Gasteiger partial charge in [-0.2, -0.15) is 8.42 Å². The van der Waals surface area contributed by atoms with Crippen molar-refractivity contribution in [1.29, 1.82) is 0 Å². The van der Waals surface area contributed by atoms with E-state index in [-0.39, 0.29) is 27.1 Å². The van der Waals surface area contributed by atoms with Crippen molar-refractivity contribution in [3.05, 3.63) is 76.9 Å². The SMILES string of the molecule is Cc1cc(-c2cc(C)c(/N=N/c3cc(S(=O)(=O)O)c4ccccc4c3O)c(C)c2)cc(C)c1N. The van der Waals surface area contributed by atoms with Crippen molar-refractivity contribution in [2.45, 2.75) is 32.6 Å². The monoisotopic (exact) mass is 475 g/mol. The van der Waals surface area contributed by atoms with Crippen LogP contribution < -0.4 is 5.73 Å². The molecule has 8 heteroatoms. The molecule has 0 bridgehead atoms. The smallest absolute Gasteiger partial charge is 0.295 e. The molecule has 0 amide bonds. The summed E-state index contributed by atoms with van der Waals surface area (Å²) in [5, 5.41) is 19.6. The second-order valence-electron chi connectivity index (χ2n) is 8.45. The number of nitrogens with zero attached hydrogens (tertiary/aromatic N) is 2. The van der Waals surface area contributed by atoms with E-state index < -0.39 is 10.1 Å². The molecule has 34 heavy (non-hydrogen) atoms. The number of azo groups is 1. The summed E-state index contributed by atoms with van der Waals surface area (Å²) >= 11 is 0. The first-order chi connectivity index (χ1) is 16.0. The van der Waals surface area contributed by atoms with Crippen LogP contribution in [0, 0.1) is 27.7 Å². The number of aromatic hydroxyl groups is 1. The first-order valence-corrected chi connectivity index (χ1v) is 12.0. The molecule has 4 N–H and O–H groups in total. The van der Waals surface area contributed by atoms with Crippen LogP contribution in [-0.2, 0) is 10.1 Å². The van der Waals surface area contributed by atoms with Gasteiger partial charge < -0.3 is 10.8 Å². The van der Waals surface area contributed by atoms with Gasteiger partial charge in [0.1, 0.15) is 10.6 Å². The summed E-state index contributed by atoms with van der Waals surface area (Å²) in [5.74, 6) is -0.216. The van der Waals surface area contributed by atoms with Crippen molar-refractivity contribution in [2.75, 3.05) is 5.73 Å². The van der Waals surface area contributed by atoms with Crippen LogP contribution in [0.3, 0.4) is 0 Å². The highest BCUT2D eigenvalue weighted by molar-refractivity contribution is 7.86. The number of hydrogen-bond donors (Lipinski definition) is 3. The van der Waals surface area contributed by atoms with E-state index in [1.165, 1.54) is 6.07 Å². The van der Waals surface area contributed by atoms with E-state index in [2.05, 4.69) is 10.2 Å². The molecule has 0 fully saturated rings. The minimum absolute atomic E-state index is 0.0565. The molecule has 0 saturated carbocycles. The third-order valence-electron chi connectivity index (χ3n) is 5.91. The Bertz CT molecular complexity index is 1550. The predicted octanol–water partition coefficient (Wildman–Crippen LogP) is 6.69. The van der Waals surface area contributed by atoms with Crippen LogP contribution in [0.2, 0.25) is 0 Å². The Labute approximate surface area is 198 Å². The van der Waals surface area contributed by atoms with Gasteiger partial charge in [0.05, 0.1) is 5.69 Å². The van der Waals surface area contributed by atoms with Crippen LogP contribution in [-0.4, -0.2) is 18.1 Å². The van der Waals surface area contributed by atoms with Gasteiger partial charge in [-0.15, -0.1) is 10.2 Å². The molecule has 4 rings (SSSR count). The summed E-state index contributed by atoms with van der Waals surface area (Å²) in [6, 6.07) is 15.5. The third-order valence-corrected chi connectivity index (χ3v) is 6.81. The molecule has 0 saturated heterocycles. The number of phenols is 1. The van der Waals surface area contributed by atoms with Crippen molar-refractivity contribution in [3.63, 3.8) is 0 Å². The zero-order valence-corrected chi connectivity index (χ0v) is 20.1. The Morgan fingerprint density at radius 3 is 1.79 bits per heavy atom. The number of fused-ring (bicyclic) bond motifs is 1. The van der Waals surface area contributed by atoms with Gasteiger partial charge in [-0.3, -0.25) is 4.55 Å². The maximum atomic E-state index is 11.9. The van der Waals surface area contributed by atoms with Gasteiger partial charge in [-0.05, 0) is 91.4 Å². The molecule has 7 nitrogen and oxygen atoms in total. The third kappa shape index (κ3) is 4.25. The van der Waals surface area contributed by atoms with Crippen LogP contribution in [0.15, 0.2) is 69.7 Å². The summed E-state index contributed by atoms with van der Waals surface area (Å²) in [6.45, 7) is 7.77. The highest BCUT2D eigenvalue weighted by atomic mass is 32.2. The lowest BCUT2D eigenvalue weighted by Gasteiger charge is -2.12. The van der Waals surface area contributed by atoms with Gasteiger partial charge in [0.2, 0.25) is 0 Å². The van der Waals surface area contributed by atoms with E-state index in [0.717, 1.165) is 45.1 Å². The van der Waals surface area contributed by atoms with Gasteiger partial charge in [0.15, 0.2) is 5.75 Å². The summed E-state index contributed by atoms with van der Waals surface area (Å²) in [4.78, 5) is -0.340. The average molecular weight is 476 g/mol. The topological polar surface area (TPSA) is 125 Å². The molecule has 174 valence electrons. The lowest BCUT2D eigenvalue weighted by molar-refractivity contribution is 0.480. The van der Waals surface area contributed by atoms with E-state index in [4.69, 9.17) is 5.73 Å². The maximum Gasteiger partial charge on any atom is 0.295 e. The van der Waals surface area contributed by atoms with Crippen LogP contribution in [0.4, 0.5) is 17.1 Å². The van der Waals surface area contributed by atoms with Crippen LogP contribution >= 0.6 is 0 Å². The van der Waals surface area contributed by atoms with E-state index in [1.807, 2.05) is 52.0 Å². The van der Waals surface area contributed by atoms with E-state index in [9.17, 15) is 18.1 Å². The molecule has 0 spiro atoms. The van der Waals surface area contributed by atoms with Crippen molar-refractivity contribution >= 4 is 38.0 Å². The fourth-order valence-electron chi connectivity index (χ4n) is 4.13. The Kier molecular flexibility index (Phi) is 5.89. The van der Waals surface area contributed by atoms with Gasteiger partial charge in [0.25, 0.3) is 10.1 Å². The minimum atomic E-state index is -4.54. The van der Waals surface area contributed by atoms with Crippen LogP contribution in [0.25, 0.3) is 21.9 Å². The molecule has 0 radical (unpaired) electrons. The van der Waals surface area contributed by atoms with Crippen molar-refractivity contribution in [2.24, 2.45) is 10.2 Å². The van der Waals surface area contributed by atoms with Crippen molar-refractivity contribution < 1.29 is 18.1 Å². The number of nitrogens with two attached hydrogens (primary N) is 1. The second kappa shape index (κ2) is 8.55. The molecule has 0 aliphatic carbocycles. The predicted molar refractivity (Wildman–Crippen MR) is 135 cm³/mol. The Balaban J connectivity index is 1.80. The largest absolute Gasteiger partial charge is 0.505 e. The highest BCUT2D eigenvalue weighted by Gasteiger charge is 2.19. The normalized spacial score (nSPS) is 12.0. The fraction of sp³-hybridized carbons (Fsp3) is 0.154. The standard InChI is InChI=1S/C26H25N3O4S/c1-14-9-18(10-15(2)24(14)27)19-11-16(3)25(17(4)12-19)29-28-22-13-23(34(31,32)33)20-7-5-6-8-21(20)26(22)30/h5-13,30H,27H2,1-4H3,(H,31,32,33)/b29-28+. The van der Waals surface area contributed by atoms with Gasteiger partial charge in [-0.25, -0.2) is 0 Å². The molecule has 0 aliphatic rings. The Morgan fingerprint density at radius 1 is 0.765 bits per heavy atom. The summed E-state index contributed by atoms with van der Waals surface area (Å²) in [6.07, 6.45) is 0. The molecule has 0 unspecified atom stereocenters. The number of nitrogen functional groups attached to an aromatic ring is 1. The van der Waals surface area contributed by atoms with Crippen molar-refractivity contribution in [1.82, 2.24) is 0 Å². The first-order valence-electron chi connectivity index (χ1n) is 10.6. The highest BCUT2D eigenvalue weighted by Crippen LogP contribution is 2.40. The van der Waals surface area contributed by atoms with Crippen LogP contribution in [0.5, 0.6) is 5.75 Å². The van der Waals surface area contributed by atoms with E-state index in [1.54, 1.807) is 18.2 Å². The molecular formula is C26H25N3O4S. The average Bonchev–Trinajstić information content (AvgIpc) is 2.77. The molecule has 0 heterocycles. The number of rotatable bonds is 4. The lowest BCUT2D eigenvalue weighted by atomic mass is 9.95. The Hall–Kier alpha value is -3.75. The quantitative estimate of drug-likeness (QED) is 0.172. The lowest BCUT2D eigenvalue weighted by Crippen LogP contribution is -1.99. The summed E-state index contributed by atoms with van der Waals surface area (Å²) in [7, 11) is -4.54.